The van der Waals surface area contributed by atoms with Crippen LogP contribution in [0.15, 0.2) is 11.6 Å². The predicted octanol–water partition coefficient (Wildman–Crippen LogP) is 0.300. The highest BCUT2D eigenvalue weighted by atomic mass is 16.1. The summed E-state index contributed by atoms with van der Waals surface area (Å²) in [6.07, 6.45) is 6.78. The van der Waals surface area contributed by atoms with Gasteiger partial charge in [-0.3, -0.25) is 9.69 Å². The molecule has 3 heteroatoms. The van der Waals surface area contributed by atoms with Crippen LogP contribution in [0, 0.1) is 0 Å². The van der Waals surface area contributed by atoms with Crippen LogP contribution < -0.4 is 0 Å². The fraction of sp³-hybridized carbons (Fsp3) is 0.600. The summed E-state index contributed by atoms with van der Waals surface area (Å²) >= 11 is 0. The van der Waals surface area contributed by atoms with Crippen molar-refractivity contribution < 1.29 is 9.59 Å². The van der Waals surface area contributed by atoms with Crippen molar-refractivity contribution in [2.75, 3.05) is 0 Å². The van der Waals surface area contributed by atoms with Crippen molar-refractivity contribution in [3.63, 3.8) is 0 Å². The van der Waals surface area contributed by atoms with E-state index in [1.54, 1.807) is 0 Å². The van der Waals surface area contributed by atoms with E-state index in [1.807, 2.05) is 6.08 Å². The van der Waals surface area contributed by atoms with Crippen LogP contribution in [-0.4, -0.2) is 35.1 Å². The Bertz CT molecular complexity index is 323. The summed E-state index contributed by atoms with van der Waals surface area (Å²) in [4.78, 5) is 23.7. The maximum atomic E-state index is 10.8. The monoisotopic (exact) mass is 177 g/mol. The third kappa shape index (κ3) is 0.695. The van der Waals surface area contributed by atoms with Gasteiger partial charge in [-0.1, -0.05) is 6.08 Å². The molecular formula is C10H11NO2. The molecule has 2 saturated heterocycles. The first-order valence-electron chi connectivity index (χ1n) is 4.70. The van der Waals surface area contributed by atoms with Crippen LogP contribution in [0.25, 0.3) is 0 Å². The molecule has 68 valence electrons. The Hall–Kier alpha value is -0.960. The molecule has 0 radical (unpaired) electrons. The van der Waals surface area contributed by atoms with E-state index < -0.39 is 0 Å². The fourth-order valence-corrected chi connectivity index (χ4v) is 3.14. The number of hydrogen-bond donors (Lipinski definition) is 0. The summed E-state index contributed by atoms with van der Waals surface area (Å²) in [5.41, 5.74) is 0.797. The van der Waals surface area contributed by atoms with Crippen molar-refractivity contribution in [2.45, 2.75) is 36.9 Å². The van der Waals surface area contributed by atoms with E-state index in [0.29, 0.717) is 12.1 Å². The molecule has 0 aromatic heterocycles. The van der Waals surface area contributed by atoms with E-state index in [0.717, 1.165) is 37.4 Å². The van der Waals surface area contributed by atoms with Gasteiger partial charge in [0.25, 0.3) is 0 Å². The summed E-state index contributed by atoms with van der Waals surface area (Å²) in [5, 5.41) is 0. The fourth-order valence-electron chi connectivity index (χ4n) is 3.14. The summed E-state index contributed by atoms with van der Waals surface area (Å²) in [7, 11) is 0. The standard InChI is InChI=1S/C10H11NO2/c12-5-7-1-8-3-10(6-13)4-9(2-7)11(8)10/h1,5-6,8-9H,2-4H2. The molecule has 3 aliphatic heterocycles. The third-order valence-corrected chi connectivity index (χ3v) is 3.67. The van der Waals surface area contributed by atoms with E-state index in [-0.39, 0.29) is 5.54 Å². The highest BCUT2D eigenvalue weighted by Crippen LogP contribution is 2.54. The Morgan fingerprint density at radius 3 is 2.92 bits per heavy atom. The van der Waals surface area contributed by atoms with Crippen molar-refractivity contribution in [1.82, 2.24) is 4.90 Å². The average Bonchev–Trinajstić information content (AvgIpc) is 2.07. The highest BCUT2D eigenvalue weighted by Gasteiger charge is 2.63. The van der Waals surface area contributed by atoms with Crippen LogP contribution in [-0.2, 0) is 9.59 Å². The lowest BCUT2D eigenvalue weighted by molar-refractivity contribution is -0.184. The SMILES string of the molecule is O=CC1=CC2CC3(C=O)CC(C1)N23. The van der Waals surface area contributed by atoms with Gasteiger partial charge >= 0.3 is 0 Å². The lowest BCUT2D eigenvalue weighted by Crippen LogP contribution is -2.80. The van der Waals surface area contributed by atoms with Crippen molar-refractivity contribution in [3.8, 4) is 0 Å². The van der Waals surface area contributed by atoms with Gasteiger partial charge in [0.2, 0.25) is 0 Å². The van der Waals surface area contributed by atoms with Gasteiger partial charge < -0.3 is 4.79 Å². The number of carbonyl (C=O) groups excluding carboxylic acids is 2. The summed E-state index contributed by atoms with van der Waals surface area (Å²) in [6.45, 7) is 0. The van der Waals surface area contributed by atoms with E-state index in [4.69, 9.17) is 0 Å². The first-order chi connectivity index (χ1) is 6.29. The van der Waals surface area contributed by atoms with Gasteiger partial charge in [0, 0.05) is 12.1 Å². The molecule has 0 N–H and O–H groups in total. The molecule has 2 fully saturated rings. The second-order valence-corrected chi connectivity index (χ2v) is 4.32. The molecule has 0 aromatic carbocycles. The minimum atomic E-state index is -0.125. The van der Waals surface area contributed by atoms with Gasteiger partial charge in [-0.2, -0.15) is 0 Å². The zero-order valence-corrected chi connectivity index (χ0v) is 7.27. The maximum absolute atomic E-state index is 10.8. The van der Waals surface area contributed by atoms with E-state index in [9.17, 15) is 9.59 Å². The minimum absolute atomic E-state index is 0.125. The van der Waals surface area contributed by atoms with Gasteiger partial charge in [-0.15, -0.1) is 0 Å². The molecule has 0 spiro atoms. The summed E-state index contributed by atoms with van der Waals surface area (Å²) in [6, 6.07) is 0.840. The van der Waals surface area contributed by atoms with E-state index in [1.165, 1.54) is 0 Å². The van der Waals surface area contributed by atoms with Crippen LogP contribution in [0.1, 0.15) is 19.3 Å². The normalized spacial score (nSPS) is 46.6. The summed E-state index contributed by atoms with van der Waals surface area (Å²) in [5.74, 6) is 0. The van der Waals surface area contributed by atoms with Crippen LogP contribution in [0.4, 0.5) is 0 Å². The van der Waals surface area contributed by atoms with Gasteiger partial charge in [-0.05, 0) is 24.8 Å². The zero-order chi connectivity index (χ0) is 9.05. The molecule has 3 nitrogen and oxygen atoms in total. The number of rotatable bonds is 2. The van der Waals surface area contributed by atoms with Crippen LogP contribution in [0.3, 0.4) is 0 Å². The molecule has 13 heavy (non-hydrogen) atoms. The Kier molecular flexibility index (Phi) is 1.20. The van der Waals surface area contributed by atoms with Crippen LogP contribution in [0.2, 0.25) is 0 Å². The van der Waals surface area contributed by atoms with Gasteiger partial charge in [0.1, 0.15) is 12.6 Å². The molecule has 3 atom stereocenters. The molecule has 0 bridgehead atoms. The van der Waals surface area contributed by atoms with Crippen molar-refractivity contribution in [3.05, 3.63) is 11.6 Å². The third-order valence-electron chi connectivity index (χ3n) is 3.67. The highest BCUT2D eigenvalue weighted by molar-refractivity contribution is 5.77. The Labute approximate surface area is 76.4 Å². The molecule has 3 heterocycles. The second kappa shape index (κ2) is 2.10. The predicted molar refractivity (Wildman–Crippen MR) is 46.2 cm³/mol. The lowest BCUT2D eigenvalue weighted by atomic mass is 9.61. The number of aldehydes is 2. The van der Waals surface area contributed by atoms with Crippen molar-refractivity contribution in [1.29, 1.82) is 0 Å². The Balaban J connectivity index is 1.90. The Morgan fingerprint density at radius 1 is 1.46 bits per heavy atom. The van der Waals surface area contributed by atoms with Crippen molar-refractivity contribution >= 4 is 12.6 Å². The number of piperidine rings is 1. The maximum Gasteiger partial charge on any atom is 0.145 e. The molecular weight excluding hydrogens is 166 g/mol. The topological polar surface area (TPSA) is 37.4 Å². The summed E-state index contributed by atoms with van der Waals surface area (Å²) < 4.78 is 0. The van der Waals surface area contributed by atoms with Crippen LogP contribution in [0.5, 0.6) is 0 Å². The lowest BCUT2D eigenvalue weighted by Gasteiger charge is -2.69. The van der Waals surface area contributed by atoms with E-state index >= 15 is 0 Å². The largest absolute Gasteiger partial charge is 0.301 e. The molecule has 3 aliphatic rings. The zero-order valence-electron chi connectivity index (χ0n) is 7.27. The molecule has 0 aliphatic carbocycles. The molecule has 3 rings (SSSR count). The number of carbonyl (C=O) groups is 2. The smallest absolute Gasteiger partial charge is 0.145 e. The average molecular weight is 177 g/mol. The number of hydrogen-bond acceptors (Lipinski definition) is 3. The van der Waals surface area contributed by atoms with Crippen molar-refractivity contribution in [2.24, 2.45) is 0 Å². The first kappa shape index (κ1) is 7.44. The Morgan fingerprint density at radius 2 is 2.31 bits per heavy atom. The van der Waals surface area contributed by atoms with Gasteiger partial charge in [0.15, 0.2) is 0 Å². The van der Waals surface area contributed by atoms with Crippen LogP contribution >= 0.6 is 0 Å². The first-order valence-corrected chi connectivity index (χ1v) is 4.70. The van der Waals surface area contributed by atoms with Gasteiger partial charge in [0.05, 0.1) is 5.54 Å². The minimum Gasteiger partial charge on any atom is -0.301 e. The van der Waals surface area contributed by atoms with Gasteiger partial charge in [-0.25, -0.2) is 0 Å². The molecule has 3 unspecified atom stereocenters. The molecule has 0 aromatic rings. The van der Waals surface area contributed by atoms with E-state index in [2.05, 4.69) is 4.90 Å². The quantitative estimate of drug-likeness (QED) is 0.569. The molecule has 0 amide bonds. The number of nitrogens with zero attached hydrogens (tertiary/aromatic N) is 1. The second-order valence-electron chi connectivity index (χ2n) is 4.32. The molecule has 0 saturated carbocycles.